The molecule has 0 aliphatic heterocycles. The molecule has 0 spiro atoms. The molecular formula is C28H20F6O4. The monoisotopic (exact) mass is 534 g/mol. The van der Waals surface area contributed by atoms with E-state index in [1.54, 1.807) is 24.3 Å². The molecule has 0 saturated carbocycles. The zero-order valence-electron chi connectivity index (χ0n) is 19.9. The summed E-state index contributed by atoms with van der Waals surface area (Å²) in [4.78, 5) is 45.5. The predicted octanol–water partition coefficient (Wildman–Crippen LogP) is 6.07. The first kappa shape index (κ1) is 28.5. The van der Waals surface area contributed by atoms with Gasteiger partial charge in [0.15, 0.2) is 0 Å². The summed E-state index contributed by atoms with van der Waals surface area (Å²) in [5.41, 5.74) is 4.23. The van der Waals surface area contributed by atoms with E-state index in [-0.39, 0.29) is 11.1 Å². The molecule has 0 amide bonds. The third-order valence-electron chi connectivity index (χ3n) is 5.77. The molecule has 3 rings (SSSR count). The van der Waals surface area contributed by atoms with Gasteiger partial charge in [-0.2, -0.15) is 26.3 Å². The van der Waals surface area contributed by atoms with E-state index in [2.05, 4.69) is 0 Å². The van der Waals surface area contributed by atoms with Gasteiger partial charge in [-0.15, -0.1) is 0 Å². The smallest absolute Gasteiger partial charge is 0.290 e. The molecule has 0 bridgehead atoms. The van der Waals surface area contributed by atoms with Crippen LogP contribution in [0.3, 0.4) is 0 Å². The number of carbonyl (C=O) groups excluding carboxylic acids is 4. The highest BCUT2D eigenvalue weighted by Crippen LogP contribution is 2.34. The maximum atomic E-state index is 12.5. The van der Waals surface area contributed by atoms with Crippen LogP contribution in [0.4, 0.5) is 26.3 Å². The van der Waals surface area contributed by atoms with Crippen LogP contribution in [0.1, 0.15) is 23.6 Å². The van der Waals surface area contributed by atoms with E-state index in [4.69, 9.17) is 0 Å². The number of hydrogen-bond acceptors (Lipinski definition) is 4. The number of ketones is 4. The summed E-state index contributed by atoms with van der Waals surface area (Å²) in [6.45, 7) is 1.94. The Hall–Kier alpha value is -4.08. The maximum Gasteiger partial charge on any atom is 0.458 e. The minimum Gasteiger partial charge on any atom is -0.290 e. The number of benzene rings is 3. The summed E-state index contributed by atoms with van der Waals surface area (Å²) in [6, 6.07) is 17.8. The number of Topliss-reactive ketones (excluding diaryl/α,β-unsaturated/α-hetero) is 4. The topological polar surface area (TPSA) is 68.3 Å². The van der Waals surface area contributed by atoms with E-state index in [1.807, 2.05) is 25.1 Å². The lowest BCUT2D eigenvalue weighted by molar-refractivity contribution is -0.174. The number of rotatable bonds is 9. The van der Waals surface area contributed by atoms with E-state index in [0.29, 0.717) is 17.5 Å². The molecule has 38 heavy (non-hydrogen) atoms. The fourth-order valence-corrected chi connectivity index (χ4v) is 3.75. The Morgan fingerprint density at radius 1 is 0.553 bits per heavy atom. The van der Waals surface area contributed by atoms with Crippen molar-refractivity contribution < 1.29 is 45.5 Å². The predicted molar refractivity (Wildman–Crippen MR) is 126 cm³/mol. The maximum absolute atomic E-state index is 12.5. The fraction of sp³-hybridized carbons (Fsp3) is 0.214. The summed E-state index contributed by atoms with van der Waals surface area (Å²) in [5.74, 6) is -7.94. The Kier molecular flexibility index (Phi) is 8.34. The van der Waals surface area contributed by atoms with Gasteiger partial charge < -0.3 is 0 Å². The standard InChI is InChI=1S/C28H20F6O4/c1-2-16-7-12-21(19-8-3-17(4-9-19)14-23(35)25(37)27(29,30)31)22(13-16)20-10-5-18(6-11-20)15-24(36)26(38)28(32,33)34/h3-13H,2,14-15H2,1H3. The van der Waals surface area contributed by atoms with Crippen LogP contribution in [-0.2, 0) is 38.4 Å². The third kappa shape index (κ3) is 6.81. The Morgan fingerprint density at radius 2 is 0.921 bits per heavy atom. The Morgan fingerprint density at radius 3 is 1.29 bits per heavy atom. The van der Waals surface area contributed by atoms with Gasteiger partial charge in [0.1, 0.15) is 0 Å². The molecule has 0 heterocycles. The Balaban J connectivity index is 1.87. The summed E-state index contributed by atoms with van der Waals surface area (Å²) >= 11 is 0. The zero-order chi connectivity index (χ0) is 28.3. The summed E-state index contributed by atoms with van der Waals surface area (Å²) in [7, 11) is 0. The van der Waals surface area contributed by atoms with Gasteiger partial charge in [0.25, 0.3) is 0 Å². The first-order valence-electron chi connectivity index (χ1n) is 11.3. The lowest BCUT2D eigenvalue weighted by atomic mass is 9.91. The average Bonchev–Trinajstić information content (AvgIpc) is 2.87. The summed E-state index contributed by atoms with van der Waals surface area (Å²) < 4.78 is 74.9. The first-order chi connectivity index (χ1) is 17.7. The zero-order valence-corrected chi connectivity index (χ0v) is 19.9. The van der Waals surface area contributed by atoms with Gasteiger partial charge in [-0.1, -0.05) is 73.7 Å². The minimum atomic E-state index is -5.23. The van der Waals surface area contributed by atoms with E-state index in [0.717, 1.165) is 16.7 Å². The Labute approximate surface area is 213 Å². The fourth-order valence-electron chi connectivity index (χ4n) is 3.75. The second kappa shape index (κ2) is 11.1. The molecule has 0 aliphatic rings. The van der Waals surface area contributed by atoms with Crippen molar-refractivity contribution in [1.29, 1.82) is 0 Å². The number of alkyl halides is 6. The molecule has 0 atom stereocenters. The molecular weight excluding hydrogens is 514 g/mol. The van der Waals surface area contributed by atoms with Crippen molar-refractivity contribution in [3.63, 3.8) is 0 Å². The molecule has 3 aromatic carbocycles. The van der Waals surface area contributed by atoms with Crippen LogP contribution >= 0.6 is 0 Å². The van der Waals surface area contributed by atoms with E-state index in [1.165, 1.54) is 24.3 Å². The molecule has 0 N–H and O–H groups in total. The second-order valence-electron chi connectivity index (χ2n) is 8.48. The van der Waals surface area contributed by atoms with E-state index in [9.17, 15) is 45.5 Å². The minimum absolute atomic E-state index is 0.227. The van der Waals surface area contributed by atoms with Crippen LogP contribution in [0.15, 0.2) is 66.7 Å². The van der Waals surface area contributed by atoms with Crippen molar-refractivity contribution in [2.75, 3.05) is 0 Å². The molecule has 198 valence electrons. The third-order valence-corrected chi connectivity index (χ3v) is 5.77. The van der Waals surface area contributed by atoms with Gasteiger partial charge in [0, 0.05) is 12.8 Å². The van der Waals surface area contributed by atoms with Crippen LogP contribution in [-0.4, -0.2) is 35.5 Å². The van der Waals surface area contributed by atoms with Gasteiger partial charge in [0.2, 0.25) is 11.6 Å². The molecule has 10 heteroatoms. The molecule has 0 aromatic heterocycles. The van der Waals surface area contributed by atoms with Crippen LogP contribution in [0, 0.1) is 0 Å². The molecule has 0 radical (unpaired) electrons. The van der Waals surface area contributed by atoms with Crippen LogP contribution in [0.25, 0.3) is 22.3 Å². The Bertz CT molecular complexity index is 1370. The molecule has 0 unspecified atom stereocenters. The lowest BCUT2D eigenvalue weighted by Gasteiger charge is -2.14. The van der Waals surface area contributed by atoms with Gasteiger partial charge in [-0.05, 0) is 45.4 Å². The lowest BCUT2D eigenvalue weighted by Crippen LogP contribution is -2.31. The van der Waals surface area contributed by atoms with Crippen molar-refractivity contribution in [1.82, 2.24) is 0 Å². The van der Waals surface area contributed by atoms with Crippen molar-refractivity contribution in [3.8, 4) is 22.3 Å². The molecule has 3 aromatic rings. The van der Waals surface area contributed by atoms with Gasteiger partial charge in [-0.3, -0.25) is 19.2 Å². The van der Waals surface area contributed by atoms with Crippen LogP contribution in [0.5, 0.6) is 0 Å². The largest absolute Gasteiger partial charge is 0.458 e. The highest BCUT2D eigenvalue weighted by atomic mass is 19.4. The van der Waals surface area contributed by atoms with Crippen molar-refractivity contribution >= 4 is 23.1 Å². The molecule has 4 nitrogen and oxygen atoms in total. The van der Waals surface area contributed by atoms with E-state index >= 15 is 0 Å². The average molecular weight is 534 g/mol. The highest BCUT2D eigenvalue weighted by Gasteiger charge is 2.43. The number of halogens is 6. The quantitative estimate of drug-likeness (QED) is 0.247. The first-order valence-corrected chi connectivity index (χ1v) is 11.3. The SMILES string of the molecule is CCc1ccc(-c2ccc(CC(=O)C(=O)C(F)(F)F)cc2)c(-c2ccc(CC(=O)C(=O)C(F)(F)F)cc2)c1. The van der Waals surface area contributed by atoms with Crippen molar-refractivity contribution in [2.45, 2.75) is 38.5 Å². The van der Waals surface area contributed by atoms with Crippen LogP contribution < -0.4 is 0 Å². The van der Waals surface area contributed by atoms with Gasteiger partial charge in [-0.25, -0.2) is 0 Å². The van der Waals surface area contributed by atoms with E-state index < -0.39 is 48.3 Å². The summed E-state index contributed by atoms with van der Waals surface area (Å²) in [6.07, 6.45) is -11.2. The van der Waals surface area contributed by atoms with Crippen molar-refractivity contribution in [2.24, 2.45) is 0 Å². The number of aryl methyl sites for hydroxylation is 1. The normalized spacial score (nSPS) is 11.8. The van der Waals surface area contributed by atoms with Gasteiger partial charge in [0.05, 0.1) is 0 Å². The van der Waals surface area contributed by atoms with Crippen LogP contribution in [0.2, 0.25) is 0 Å². The second-order valence-corrected chi connectivity index (χ2v) is 8.48. The molecule has 0 saturated heterocycles. The number of hydrogen-bond donors (Lipinski definition) is 0. The highest BCUT2D eigenvalue weighted by molar-refractivity contribution is 6.40. The summed E-state index contributed by atoms with van der Waals surface area (Å²) in [5, 5.41) is 0. The number of carbonyl (C=O) groups is 4. The van der Waals surface area contributed by atoms with Crippen molar-refractivity contribution in [3.05, 3.63) is 83.4 Å². The van der Waals surface area contributed by atoms with Gasteiger partial charge >= 0.3 is 23.9 Å². The molecule has 0 fully saturated rings. The molecule has 0 aliphatic carbocycles.